The maximum Gasteiger partial charge on any atom is 0.0568 e. The van der Waals surface area contributed by atoms with Gasteiger partial charge in [-0.05, 0) is 18.1 Å². The molecular formula is C15H21N3. The van der Waals surface area contributed by atoms with E-state index < -0.39 is 0 Å². The lowest BCUT2D eigenvalue weighted by molar-refractivity contribution is 0.589. The Bertz CT molecular complexity index is 526. The van der Waals surface area contributed by atoms with Crippen LogP contribution in [-0.4, -0.2) is 15.8 Å². The predicted octanol–water partition coefficient (Wildman–Crippen LogP) is 2.89. The largest absolute Gasteiger partial charge is 0.310 e. The SMILES string of the molecule is Cc1ccc(CNC(C)C)c(-c2cnn(C)c2)c1. The van der Waals surface area contributed by atoms with Crippen molar-refractivity contribution in [3.05, 3.63) is 41.7 Å². The van der Waals surface area contributed by atoms with Crippen molar-refractivity contribution >= 4 is 0 Å². The van der Waals surface area contributed by atoms with Crippen LogP contribution < -0.4 is 5.32 Å². The van der Waals surface area contributed by atoms with E-state index in [9.17, 15) is 0 Å². The van der Waals surface area contributed by atoms with Crippen LogP contribution in [0.15, 0.2) is 30.6 Å². The number of hydrogen-bond acceptors (Lipinski definition) is 2. The average molecular weight is 243 g/mol. The fourth-order valence-corrected chi connectivity index (χ4v) is 1.99. The summed E-state index contributed by atoms with van der Waals surface area (Å²) in [5.74, 6) is 0. The number of nitrogens with one attached hydrogen (secondary N) is 1. The number of rotatable bonds is 4. The van der Waals surface area contributed by atoms with Crippen molar-refractivity contribution < 1.29 is 0 Å². The fourth-order valence-electron chi connectivity index (χ4n) is 1.99. The summed E-state index contributed by atoms with van der Waals surface area (Å²) in [5.41, 5.74) is 5.06. The summed E-state index contributed by atoms with van der Waals surface area (Å²) >= 11 is 0. The second-order valence-electron chi connectivity index (χ2n) is 5.10. The van der Waals surface area contributed by atoms with Crippen molar-refractivity contribution in [2.24, 2.45) is 7.05 Å². The average Bonchev–Trinajstić information content (AvgIpc) is 2.74. The lowest BCUT2D eigenvalue weighted by Gasteiger charge is -2.12. The van der Waals surface area contributed by atoms with Crippen LogP contribution in [-0.2, 0) is 13.6 Å². The van der Waals surface area contributed by atoms with Crippen molar-refractivity contribution in [1.82, 2.24) is 15.1 Å². The molecule has 0 amide bonds. The molecule has 0 spiro atoms. The van der Waals surface area contributed by atoms with Gasteiger partial charge in [0.1, 0.15) is 0 Å². The molecule has 0 bridgehead atoms. The van der Waals surface area contributed by atoms with Gasteiger partial charge in [-0.15, -0.1) is 0 Å². The van der Waals surface area contributed by atoms with Gasteiger partial charge in [0.25, 0.3) is 0 Å². The second-order valence-corrected chi connectivity index (χ2v) is 5.10. The van der Waals surface area contributed by atoms with E-state index in [-0.39, 0.29) is 0 Å². The molecule has 0 unspecified atom stereocenters. The molecular weight excluding hydrogens is 222 g/mol. The van der Waals surface area contributed by atoms with Gasteiger partial charge in [-0.3, -0.25) is 4.68 Å². The van der Waals surface area contributed by atoms with Crippen LogP contribution in [0, 0.1) is 6.92 Å². The van der Waals surface area contributed by atoms with E-state index in [0.29, 0.717) is 6.04 Å². The molecule has 3 nitrogen and oxygen atoms in total. The Morgan fingerprint density at radius 3 is 2.72 bits per heavy atom. The highest BCUT2D eigenvalue weighted by Crippen LogP contribution is 2.24. The van der Waals surface area contributed by atoms with E-state index in [1.807, 2.05) is 17.9 Å². The van der Waals surface area contributed by atoms with Crippen LogP contribution >= 0.6 is 0 Å². The lowest BCUT2D eigenvalue weighted by Crippen LogP contribution is -2.22. The highest BCUT2D eigenvalue weighted by molar-refractivity contribution is 5.66. The van der Waals surface area contributed by atoms with Gasteiger partial charge in [0, 0.05) is 31.4 Å². The number of aromatic nitrogens is 2. The summed E-state index contributed by atoms with van der Waals surface area (Å²) < 4.78 is 1.84. The van der Waals surface area contributed by atoms with Gasteiger partial charge in [0.2, 0.25) is 0 Å². The molecule has 0 atom stereocenters. The minimum absolute atomic E-state index is 0.494. The van der Waals surface area contributed by atoms with Gasteiger partial charge < -0.3 is 5.32 Å². The Kier molecular flexibility index (Phi) is 3.82. The van der Waals surface area contributed by atoms with Crippen LogP contribution in [0.3, 0.4) is 0 Å². The number of benzene rings is 1. The first kappa shape index (κ1) is 12.8. The van der Waals surface area contributed by atoms with Crippen LogP contribution in [0.1, 0.15) is 25.0 Å². The first-order valence-corrected chi connectivity index (χ1v) is 6.38. The van der Waals surface area contributed by atoms with E-state index in [4.69, 9.17) is 0 Å². The molecule has 3 heteroatoms. The van der Waals surface area contributed by atoms with Gasteiger partial charge in [-0.2, -0.15) is 5.10 Å². The van der Waals surface area contributed by atoms with E-state index in [1.165, 1.54) is 22.3 Å². The molecule has 2 aromatic rings. The van der Waals surface area contributed by atoms with Crippen molar-refractivity contribution in [3.63, 3.8) is 0 Å². The first-order valence-electron chi connectivity index (χ1n) is 6.38. The molecule has 0 aliphatic rings. The minimum atomic E-state index is 0.494. The summed E-state index contributed by atoms with van der Waals surface area (Å²) in [5, 5.41) is 7.73. The molecule has 2 rings (SSSR count). The Morgan fingerprint density at radius 1 is 1.33 bits per heavy atom. The summed E-state index contributed by atoms with van der Waals surface area (Å²) in [6.45, 7) is 7.34. The third-order valence-corrected chi connectivity index (χ3v) is 2.98. The maximum absolute atomic E-state index is 4.26. The third-order valence-electron chi connectivity index (χ3n) is 2.98. The highest BCUT2D eigenvalue weighted by Gasteiger charge is 2.07. The molecule has 1 aromatic heterocycles. The van der Waals surface area contributed by atoms with Crippen LogP contribution in [0.25, 0.3) is 11.1 Å². The molecule has 0 saturated carbocycles. The Hall–Kier alpha value is -1.61. The number of nitrogens with zero attached hydrogens (tertiary/aromatic N) is 2. The number of hydrogen-bond donors (Lipinski definition) is 1. The third kappa shape index (κ3) is 2.99. The summed E-state index contributed by atoms with van der Waals surface area (Å²) in [6.07, 6.45) is 3.99. The highest BCUT2D eigenvalue weighted by atomic mass is 15.2. The topological polar surface area (TPSA) is 29.9 Å². The quantitative estimate of drug-likeness (QED) is 0.895. The van der Waals surface area contributed by atoms with Gasteiger partial charge >= 0.3 is 0 Å². The molecule has 0 saturated heterocycles. The van der Waals surface area contributed by atoms with Crippen molar-refractivity contribution in [2.75, 3.05) is 0 Å². The summed E-state index contributed by atoms with van der Waals surface area (Å²) in [7, 11) is 1.95. The van der Waals surface area contributed by atoms with Crippen LogP contribution in [0.5, 0.6) is 0 Å². The van der Waals surface area contributed by atoms with Crippen LogP contribution in [0.2, 0.25) is 0 Å². The minimum Gasteiger partial charge on any atom is -0.310 e. The Labute approximate surface area is 109 Å². The van der Waals surface area contributed by atoms with E-state index in [2.05, 4.69) is 55.6 Å². The molecule has 0 radical (unpaired) electrons. The molecule has 1 aromatic carbocycles. The van der Waals surface area contributed by atoms with Gasteiger partial charge in [-0.25, -0.2) is 0 Å². The van der Waals surface area contributed by atoms with E-state index in [0.717, 1.165) is 6.54 Å². The normalized spacial score (nSPS) is 11.2. The van der Waals surface area contributed by atoms with Gasteiger partial charge in [-0.1, -0.05) is 37.6 Å². The summed E-state index contributed by atoms with van der Waals surface area (Å²) in [4.78, 5) is 0. The monoisotopic (exact) mass is 243 g/mol. The first-order chi connectivity index (χ1) is 8.56. The summed E-state index contributed by atoms with van der Waals surface area (Å²) in [6, 6.07) is 7.09. The van der Waals surface area contributed by atoms with Crippen molar-refractivity contribution in [3.8, 4) is 11.1 Å². The smallest absolute Gasteiger partial charge is 0.0568 e. The Balaban J connectivity index is 2.34. The van der Waals surface area contributed by atoms with Crippen molar-refractivity contribution in [2.45, 2.75) is 33.4 Å². The molecule has 18 heavy (non-hydrogen) atoms. The molecule has 1 N–H and O–H groups in total. The standard InChI is InChI=1S/C15H21N3/c1-11(2)16-8-13-6-5-12(3)7-15(13)14-9-17-18(4)10-14/h5-7,9-11,16H,8H2,1-4H3. The zero-order valence-corrected chi connectivity index (χ0v) is 11.6. The van der Waals surface area contributed by atoms with E-state index >= 15 is 0 Å². The molecule has 0 aliphatic heterocycles. The molecule has 1 heterocycles. The van der Waals surface area contributed by atoms with Crippen molar-refractivity contribution in [1.29, 1.82) is 0 Å². The zero-order valence-electron chi connectivity index (χ0n) is 11.6. The van der Waals surface area contributed by atoms with Gasteiger partial charge in [0.05, 0.1) is 6.20 Å². The second kappa shape index (κ2) is 5.36. The van der Waals surface area contributed by atoms with E-state index in [1.54, 1.807) is 0 Å². The van der Waals surface area contributed by atoms with Gasteiger partial charge in [0.15, 0.2) is 0 Å². The maximum atomic E-state index is 4.26. The fraction of sp³-hybridized carbons (Fsp3) is 0.400. The molecule has 0 fully saturated rings. The lowest BCUT2D eigenvalue weighted by atomic mass is 10.00. The number of aryl methyl sites for hydroxylation is 2. The van der Waals surface area contributed by atoms with Crippen LogP contribution in [0.4, 0.5) is 0 Å². The molecule has 96 valence electrons. The Morgan fingerprint density at radius 2 is 2.11 bits per heavy atom. The predicted molar refractivity (Wildman–Crippen MR) is 75.4 cm³/mol. The molecule has 0 aliphatic carbocycles. The zero-order chi connectivity index (χ0) is 13.1.